The van der Waals surface area contributed by atoms with Crippen LogP contribution in [0, 0.1) is 0 Å². The lowest BCUT2D eigenvalue weighted by Crippen LogP contribution is -2.24. The van der Waals surface area contributed by atoms with Crippen LogP contribution in [0.5, 0.6) is 5.75 Å². The van der Waals surface area contributed by atoms with Gasteiger partial charge < -0.3 is 9.64 Å². The van der Waals surface area contributed by atoms with Gasteiger partial charge in [-0.15, -0.1) is 11.3 Å². The quantitative estimate of drug-likeness (QED) is 0.787. The number of methoxy groups -OCH3 is 1. The fourth-order valence-electron chi connectivity index (χ4n) is 2.51. The van der Waals surface area contributed by atoms with Crippen LogP contribution in [0.4, 0.5) is 11.4 Å². The molecular formula is C15H15BrN2O4S2. The van der Waals surface area contributed by atoms with Gasteiger partial charge in [-0.05, 0) is 46.6 Å². The highest BCUT2D eigenvalue weighted by molar-refractivity contribution is 9.11. The number of nitrogens with one attached hydrogen (secondary N) is 1. The van der Waals surface area contributed by atoms with Crippen molar-refractivity contribution in [1.29, 1.82) is 0 Å². The van der Waals surface area contributed by atoms with Gasteiger partial charge in [-0.25, -0.2) is 8.42 Å². The van der Waals surface area contributed by atoms with Crippen molar-refractivity contribution in [2.75, 3.05) is 23.3 Å². The van der Waals surface area contributed by atoms with Crippen LogP contribution < -0.4 is 14.4 Å². The van der Waals surface area contributed by atoms with Crippen molar-refractivity contribution < 1.29 is 17.9 Å². The number of thiophene rings is 1. The third kappa shape index (κ3) is 3.42. The topological polar surface area (TPSA) is 75.7 Å². The zero-order valence-corrected chi connectivity index (χ0v) is 16.0. The Morgan fingerprint density at radius 1 is 1.29 bits per heavy atom. The first kappa shape index (κ1) is 17.2. The minimum atomic E-state index is -3.66. The summed E-state index contributed by atoms with van der Waals surface area (Å²) in [6, 6.07) is 8.13. The molecule has 3 rings (SSSR count). The highest BCUT2D eigenvalue weighted by atomic mass is 79.9. The normalized spacial score (nSPS) is 14.9. The Labute approximate surface area is 152 Å². The van der Waals surface area contributed by atoms with Gasteiger partial charge in [0, 0.05) is 19.0 Å². The number of nitrogens with zero attached hydrogens (tertiary/aromatic N) is 1. The first-order chi connectivity index (χ1) is 11.4. The minimum absolute atomic E-state index is 0.0464. The number of anilines is 2. The molecule has 1 fully saturated rings. The van der Waals surface area contributed by atoms with E-state index in [-0.39, 0.29) is 10.1 Å². The van der Waals surface area contributed by atoms with Crippen molar-refractivity contribution in [2.45, 2.75) is 17.1 Å². The number of rotatable bonds is 5. The molecule has 0 saturated carbocycles. The molecule has 1 aromatic heterocycles. The number of hydrogen-bond donors (Lipinski definition) is 1. The molecule has 0 radical (unpaired) electrons. The zero-order chi connectivity index (χ0) is 17.3. The van der Waals surface area contributed by atoms with Gasteiger partial charge in [0.1, 0.15) is 9.96 Å². The van der Waals surface area contributed by atoms with Gasteiger partial charge in [-0.3, -0.25) is 9.52 Å². The lowest BCUT2D eigenvalue weighted by Gasteiger charge is -2.19. The zero-order valence-electron chi connectivity index (χ0n) is 12.8. The second-order valence-electron chi connectivity index (χ2n) is 5.20. The van der Waals surface area contributed by atoms with Crippen molar-refractivity contribution in [3.8, 4) is 5.75 Å². The maximum Gasteiger partial charge on any atom is 0.271 e. The Morgan fingerprint density at radius 3 is 2.67 bits per heavy atom. The van der Waals surface area contributed by atoms with E-state index in [0.29, 0.717) is 30.1 Å². The average Bonchev–Trinajstić information content (AvgIpc) is 3.16. The number of hydrogen-bond acceptors (Lipinski definition) is 5. The summed E-state index contributed by atoms with van der Waals surface area (Å²) < 4.78 is 33.6. The fourth-order valence-corrected chi connectivity index (χ4v) is 5.57. The predicted molar refractivity (Wildman–Crippen MR) is 97.4 cm³/mol. The molecule has 1 aliphatic rings. The summed E-state index contributed by atoms with van der Waals surface area (Å²) in [5, 5.41) is 0. The molecule has 0 atom stereocenters. The number of halogens is 1. The third-order valence-corrected chi connectivity index (χ3v) is 7.11. The highest BCUT2D eigenvalue weighted by Gasteiger charge is 2.25. The lowest BCUT2D eigenvalue weighted by atomic mass is 10.2. The number of carbonyl (C=O) groups is 1. The molecule has 0 spiro atoms. The first-order valence-electron chi connectivity index (χ1n) is 7.17. The molecule has 1 N–H and O–H groups in total. The molecule has 0 bridgehead atoms. The van der Waals surface area contributed by atoms with Crippen LogP contribution in [0.2, 0.25) is 0 Å². The van der Waals surface area contributed by atoms with E-state index in [1.54, 1.807) is 29.2 Å². The Hall–Kier alpha value is -1.58. The van der Waals surface area contributed by atoms with Crippen LogP contribution >= 0.6 is 27.3 Å². The average molecular weight is 431 g/mol. The number of sulfonamides is 1. The molecule has 1 saturated heterocycles. The molecule has 0 aliphatic carbocycles. The van der Waals surface area contributed by atoms with E-state index >= 15 is 0 Å². The van der Waals surface area contributed by atoms with Crippen LogP contribution in [-0.4, -0.2) is 28.0 Å². The third-order valence-electron chi connectivity index (χ3n) is 3.61. The number of amides is 1. The largest absolute Gasteiger partial charge is 0.494 e. The molecule has 2 heterocycles. The molecule has 24 heavy (non-hydrogen) atoms. The SMILES string of the molecule is COc1cc(NS(=O)(=O)c2ccc(Br)s2)ccc1N1CCCC1=O. The van der Waals surface area contributed by atoms with Crippen LogP contribution in [-0.2, 0) is 14.8 Å². The molecule has 1 amide bonds. The van der Waals surface area contributed by atoms with Gasteiger partial charge in [0.25, 0.3) is 10.0 Å². The molecule has 2 aromatic rings. The van der Waals surface area contributed by atoms with E-state index in [2.05, 4.69) is 20.7 Å². The van der Waals surface area contributed by atoms with Crippen LogP contribution in [0.15, 0.2) is 38.3 Å². The van der Waals surface area contributed by atoms with E-state index in [9.17, 15) is 13.2 Å². The van der Waals surface area contributed by atoms with Gasteiger partial charge in [0.15, 0.2) is 0 Å². The molecule has 128 valence electrons. The first-order valence-corrected chi connectivity index (χ1v) is 10.3. The predicted octanol–water partition coefficient (Wildman–Crippen LogP) is 3.45. The summed E-state index contributed by atoms with van der Waals surface area (Å²) in [5.74, 6) is 0.503. The molecule has 1 aliphatic heterocycles. The van der Waals surface area contributed by atoms with Gasteiger partial charge in [-0.2, -0.15) is 0 Å². The Bertz CT molecular complexity index is 879. The maximum atomic E-state index is 12.4. The van der Waals surface area contributed by atoms with Gasteiger partial charge in [0.05, 0.1) is 22.3 Å². The number of benzene rings is 1. The summed E-state index contributed by atoms with van der Waals surface area (Å²) in [5.41, 5.74) is 1.04. The van der Waals surface area contributed by atoms with Crippen molar-refractivity contribution in [3.05, 3.63) is 34.1 Å². The fraction of sp³-hybridized carbons (Fsp3) is 0.267. The second-order valence-corrected chi connectivity index (χ2v) is 9.57. The Morgan fingerprint density at radius 2 is 2.08 bits per heavy atom. The Kier molecular flexibility index (Phi) is 4.84. The standard InChI is InChI=1S/C15H15BrN2O4S2/c1-22-12-9-10(4-5-11(12)18-8-2-3-14(18)19)17-24(20,21)15-7-6-13(16)23-15/h4-7,9,17H,2-3,8H2,1H3. The molecule has 1 aromatic carbocycles. The smallest absolute Gasteiger partial charge is 0.271 e. The Balaban J connectivity index is 1.88. The van der Waals surface area contributed by atoms with Crippen molar-refractivity contribution >= 4 is 54.6 Å². The van der Waals surface area contributed by atoms with E-state index in [4.69, 9.17) is 4.74 Å². The monoisotopic (exact) mass is 430 g/mol. The molecule has 0 unspecified atom stereocenters. The van der Waals surface area contributed by atoms with E-state index in [0.717, 1.165) is 21.5 Å². The lowest BCUT2D eigenvalue weighted by molar-refractivity contribution is -0.117. The van der Waals surface area contributed by atoms with Crippen LogP contribution in [0.25, 0.3) is 0 Å². The highest BCUT2D eigenvalue weighted by Crippen LogP contribution is 2.35. The van der Waals surface area contributed by atoms with Crippen LogP contribution in [0.3, 0.4) is 0 Å². The van der Waals surface area contributed by atoms with E-state index in [1.807, 2.05) is 0 Å². The summed E-state index contributed by atoms with van der Waals surface area (Å²) in [6.07, 6.45) is 1.33. The summed E-state index contributed by atoms with van der Waals surface area (Å²) in [6.45, 7) is 0.642. The van der Waals surface area contributed by atoms with Gasteiger partial charge in [-0.1, -0.05) is 0 Å². The summed E-state index contributed by atoms with van der Waals surface area (Å²) in [7, 11) is -2.16. The van der Waals surface area contributed by atoms with E-state index < -0.39 is 10.0 Å². The summed E-state index contributed by atoms with van der Waals surface area (Å²) >= 11 is 4.38. The maximum absolute atomic E-state index is 12.4. The van der Waals surface area contributed by atoms with Crippen molar-refractivity contribution in [1.82, 2.24) is 0 Å². The van der Waals surface area contributed by atoms with Gasteiger partial charge >= 0.3 is 0 Å². The van der Waals surface area contributed by atoms with Crippen molar-refractivity contribution in [3.63, 3.8) is 0 Å². The molecule has 6 nitrogen and oxygen atoms in total. The number of carbonyl (C=O) groups excluding carboxylic acids is 1. The van der Waals surface area contributed by atoms with E-state index in [1.165, 1.54) is 13.2 Å². The molecular weight excluding hydrogens is 416 g/mol. The van der Waals surface area contributed by atoms with Gasteiger partial charge in [0.2, 0.25) is 5.91 Å². The minimum Gasteiger partial charge on any atom is -0.494 e. The molecule has 9 heteroatoms. The summed E-state index contributed by atoms with van der Waals surface area (Å²) in [4.78, 5) is 13.6. The van der Waals surface area contributed by atoms with Crippen LogP contribution in [0.1, 0.15) is 12.8 Å². The second kappa shape index (κ2) is 6.73. The van der Waals surface area contributed by atoms with Crippen molar-refractivity contribution in [2.24, 2.45) is 0 Å². The number of ether oxygens (including phenoxy) is 1.